The fraction of sp³-hybridized carbons (Fsp3) is 1.00. The van der Waals surface area contributed by atoms with Crippen LogP contribution in [0.5, 0.6) is 0 Å². The Kier molecular flexibility index (Phi) is 5.93. The molecule has 1 heterocycles. The lowest BCUT2D eigenvalue weighted by Gasteiger charge is -2.32. The van der Waals surface area contributed by atoms with Crippen LogP contribution in [0.3, 0.4) is 0 Å². The molecule has 1 saturated carbocycles. The normalized spacial score (nSPS) is 33.2. The molecule has 0 aromatic carbocycles. The van der Waals surface area contributed by atoms with Gasteiger partial charge in [0, 0.05) is 25.7 Å². The Morgan fingerprint density at radius 1 is 1.11 bits per heavy atom. The first kappa shape index (κ1) is 14.3. The smallest absolute Gasteiger partial charge is 0.0702 e. The Morgan fingerprint density at radius 2 is 1.89 bits per heavy atom. The summed E-state index contributed by atoms with van der Waals surface area (Å²) < 4.78 is 5.77. The number of nitrogens with two attached hydrogens (primary N) is 1. The van der Waals surface area contributed by atoms with Gasteiger partial charge in [0.1, 0.15) is 0 Å². The highest BCUT2D eigenvalue weighted by Gasteiger charge is 2.23. The van der Waals surface area contributed by atoms with Gasteiger partial charge in [0.2, 0.25) is 0 Å². The molecule has 0 aromatic heterocycles. The molecule has 18 heavy (non-hydrogen) atoms. The molecule has 2 fully saturated rings. The summed E-state index contributed by atoms with van der Waals surface area (Å²) >= 11 is 0. The SMILES string of the molecule is CCCN(CC1CCC(N)CC1)C[C@@H]1CCCO1. The molecular weight excluding hydrogens is 224 g/mol. The van der Waals surface area contributed by atoms with E-state index in [1.165, 1.54) is 58.0 Å². The van der Waals surface area contributed by atoms with Crippen molar-refractivity contribution in [1.82, 2.24) is 4.90 Å². The van der Waals surface area contributed by atoms with Gasteiger partial charge in [-0.2, -0.15) is 0 Å². The van der Waals surface area contributed by atoms with Crippen LogP contribution >= 0.6 is 0 Å². The third-order valence-electron chi connectivity index (χ3n) is 4.43. The summed E-state index contributed by atoms with van der Waals surface area (Å²) in [5, 5.41) is 0. The summed E-state index contributed by atoms with van der Waals surface area (Å²) in [5.41, 5.74) is 5.98. The van der Waals surface area contributed by atoms with E-state index < -0.39 is 0 Å². The molecule has 1 saturated heterocycles. The van der Waals surface area contributed by atoms with Gasteiger partial charge in [-0.15, -0.1) is 0 Å². The van der Waals surface area contributed by atoms with Crippen LogP contribution in [-0.2, 0) is 4.74 Å². The summed E-state index contributed by atoms with van der Waals surface area (Å²) in [6.07, 6.45) is 9.37. The molecule has 0 aromatic rings. The van der Waals surface area contributed by atoms with Crippen molar-refractivity contribution < 1.29 is 4.74 Å². The van der Waals surface area contributed by atoms with E-state index in [1.54, 1.807) is 0 Å². The van der Waals surface area contributed by atoms with Crippen molar-refractivity contribution in [2.75, 3.05) is 26.2 Å². The van der Waals surface area contributed by atoms with Crippen molar-refractivity contribution in [3.8, 4) is 0 Å². The van der Waals surface area contributed by atoms with Crippen LogP contribution in [0.2, 0.25) is 0 Å². The molecule has 106 valence electrons. The van der Waals surface area contributed by atoms with Crippen molar-refractivity contribution >= 4 is 0 Å². The molecule has 2 N–H and O–H groups in total. The Bertz CT molecular complexity index is 221. The predicted octanol–water partition coefficient (Wildman–Crippen LogP) is 2.39. The molecule has 1 aliphatic heterocycles. The van der Waals surface area contributed by atoms with Gasteiger partial charge in [-0.3, -0.25) is 0 Å². The number of hydrogen-bond donors (Lipinski definition) is 1. The van der Waals surface area contributed by atoms with Crippen LogP contribution in [0.1, 0.15) is 51.9 Å². The minimum Gasteiger partial charge on any atom is -0.377 e. The molecule has 3 nitrogen and oxygen atoms in total. The second-order valence-electron chi connectivity index (χ2n) is 6.18. The van der Waals surface area contributed by atoms with Crippen LogP contribution in [0.15, 0.2) is 0 Å². The Balaban J connectivity index is 1.74. The van der Waals surface area contributed by atoms with E-state index in [4.69, 9.17) is 10.5 Å². The number of ether oxygens (including phenoxy) is 1. The highest BCUT2D eigenvalue weighted by molar-refractivity contribution is 4.78. The predicted molar refractivity (Wildman–Crippen MR) is 75.6 cm³/mol. The number of rotatable bonds is 6. The summed E-state index contributed by atoms with van der Waals surface area (Å²) in [6.45, 7) is 6.89. The van der Waals surface area contributed by atoms with Crippen LogP contribution in [0.25, 0.3) is 0 Å². The monoisotopic (exact) mass is 254 g/mol. The van der Waals surface area contributed by atoms with Gasteiger partial charge in [-0.05, 0) is 57.4 Å². The average Bonchev–Trinajstić information content (AvgIpc) is 2.85. The third-order valence-corrected chi connectivity index (χ3v) is 4.43. The minimum atomic E-state index is 0.471. The summed E-state index contributed by atoms with van der Waals surface area (Å²) in [5.74, 6) is 0.873. The Hall–Kier alpha value is -0.120. The van der Waals surface area contributed by atoms with Crippen LogP contribution in [-0.4, -0.2) is 43.3 Å². The van der Waals surface area contributed by atoms with Crippen molar-refractivity contribution in [3.05, 3.63) is 0 Å². The highest BCUT2D eigenvalue weighted by atomic mass is 16.5. The molecule has 0 bridgehead atoms. The first-order valence-corrected chi connectivity index (χ1v) is 7.87. The highest BCUT2D eigenvalue weighted by Crippen LogP contribution is 2.24. The molecule has 0 radical (unpaired) electrons. The first-order valence-electron chi connectivity index (χ1n) is 7.87. The van der Waals surface area contributed by atoms with Crippen LogP contribution in [0, 0.1) is 5.92 Å². The molecule has 0 amide bonds. The third kappa shape index (κ3) is 4.52. The van der Waals surface area contributed by atoms with Gasteiger partial charge < -0.3 is 15.4 Å². The number of hydrogen-bond acceptors (Lipinski definition) is 3. The minimum absolute atomic E-state index is 0.471. The quantitative estimate of drug-likeness (QED) is 0.791. The van der Waals surface area contributed by atoms with E-state index in [0.29, 0.717) is 12.1 Å². The Morgan fingerprint density at radius 3 is 2.50 bits per heavy atom. The van der Waals surface area contributed by atoms with Crippen molar-refractivity contribution in [3.63, 3.8) is 0 Å². The largest absolute Gasteiger partial charge is 0.377 e. The van der Waals surface area contributed by atoms with Gasteiger partial charge >= 0.3 is 0 Å². The van der Waals surface area contributed by atoms with Gasteiger partial charge in [0.05, 0.1) is 6.10 Å². The molecule has 3 heteroatoms. The summed E-state index contributed by atoms with van der Waals surface area (Å²) in [6, 6.07) is 0.471. The van der Waals surface area contributed by atoms with E-state index in [2.05, 4.69) is 11.8 Å². The zero-order valence-corrected chi connectivity index (χ0v) is 11.9. The zero-order valence-electron chi connectivity index (χ0n) is 11.9. The average molecular weight is 254 g/mol. The first-order chi connectivity index (χ1) is 8.78. The molecule has 0 unspecified atom stereocenters. The molecule has 1 aliphatic carbocycles. The van der Waals surface area contributed by atoms with Crippen molar-refractivity contribution in [2.24, 2.45) is 11.7 Å². The van der Waals surface area contributed by atoms with E-state index in [9.17, 15) is 0 Å². The second-order valence-corrected chi connectivity index (χ2v) is 6.18. The molecule has 1 atom stereocenters. The number of nitrogens with zero attached hydrogens (tertiary/aromatic N) is 1. The standard InChI is InChI=1S/C15H30N2O/c1-2-9-17(12-15-4-3-10-18-15)11-13-5-7-14(16)8-6-13/h13-15H,2-12,16H2,1H3/t13?,14?,15-/m0/s1. The van der Waals surface area contributed by atoms with E-state index in [-0.39, 0.29) is 0 Å². The summed E-state index contributed by atoms with van der Waals surface area (Å²) in [7, 11) is 0. The maximum absolute atomic E-state index is 5.98. The van der Waals surface area contributed by atoms with E-state index in [1.807, 2.05) is 0 Å². The van der Waals surface area contributed by atoms with Gasteiger partial charge in [0.25, 0.3) is 0 Å². The van der Waals surface area contributed by atoms with Crippen LogP contribution in [0.4, 0.5) is 0 Å². The van der Waals surface area contributed by atoms with Gasteiger partial charge in [-0.1, -0.05) is 6.92 Å². The van der Waals surface area contributed by atoms with Gasteiger partial charge in [-0.25, -0.2) is 0 Å². The lowest BCUT2D eigenvalue weighted by atomic mass is 9.86. The molecular formula is C15H30N2O. The van der Waals surface area contributed by atoms with Crippen LogP contribution < -0.4 is 5.73 Å². The maximum atomic E-state index is 5.98. The summed E-state index contributed by atoms with van der Waals surface area (Å²) in [4.78, 5) is 2.64. The molecule has 2 aliphatic rings. The fourth-order valence-electron chi connectivity index (χ4n) is 3.39. The topological polar surface area (TPSA) is 38.5 Å². The van der Waals surface area contributed by atoms with E-state index in [0.717, 1.165) is 19.1 Å². The zero-order chi connectivity index (χ0) is 12.8. The lowest BCUT2D eigenvalue weighted by molar-refractivity contribution is 0.0643. The van der Waals surface area contributed by atoms with E-state index >= 15 is 0 Å². The molecule has 0 spiro atoms. The second kappa shape index (κ2) is 7.46. The van der Waals surface area contributed by atoms with Crippen molar-refractivity contribution in [1.29, 1.82) is 0 Å². The van der Waals surface area contributed by atoms with Crippen molar-refractivity contribution in [2.45, 2.75) is 64.0 Å². The van der Waals surface area contributed by atoms with Gasteiger partial charge in [0.15, 0.2) is 0 Å². The molecule has 2 rings (SSSR count). The lowest BCUT2D eigenvalue weighted by Crippen LogP contribution is -2.38. The fourth-order valence-corrected chi connectivity index (χ4v) is 3.39. The maximum Gasteiger partial charge on any atom is 0.0702 e. The Labute approximate surface area is 112 Å².